The third kappa shape index (κ3) is 3.51. The molecule has 0 radical (unpaired) electrons. The van der Waals surface area contributed by atoms with Crippen LogP contribution in [-0.4, -0.2) is 31.8 Å². The van der Waals surface area contributed by atoms with Gasteiger partial charge in [0.2, 0.25) is 0 Å². The van der Waals surface area contributed by atoms with Gasteiger partial charge in [-0.2, -0.15) is 0 Å². The summed E-state index contributed by atoms with van der Waals surface area (Å²) in [6.45, 7) is 6.90. The van der Waals surface area contributed by atoms with Gasteiger partial charge < -0.3 is 19.6 Å². The summed E-state index contributed by atoms with van der Waals surface area (Å²) in [6.07, 6.45) is 2.41. The van der Waals surface area contributed by atoms with Crippen LogP contribution in [0.1, 0.15) is 50.6 Å². The molecule has 0 aliphatic carbocycles. The van der Waals surface area contributed by atoms with Crippen molar-refractivity contribution in [2.45, 2.75) is 58.5 Å². The number of urea groups is 1. The van der Waals surface area contributed by atoms with Crippen LogP contribution in [0.3, 0.4) is 0 Å². The Morgan fingerprint density at radius 1 is 1.37 bits per heavy atom. The molecule has 0 saturated heterocycles. The molecule has 1 aliphatic rings. The number of aromatic nitrogens is 4. The number of nitrogens with one attached hydrogen (secondary N) is 2. The number of anilines is 1. The van der Waals surface area contributed by atoms with Crippen molar-refractivity contribution in [2.75, 3.05) is 5.32 Å². The van der Waals surface area contributed by atoms with Gasteiger partial charge in [0.15, 0.2) is 11.5 Å². The van der Waals surface area contributed by atoms with E-state index >= 15 is 0 Å². The van der Waals surface area contributed by atoms with Gasteiger partial charge in [-0.1, -0.05) is 20.8 Å². The number of carbonyl (C=O) groups excluding carboxylic acids is 1. The molecule has 4 rings (SSSR count). The predicted octanol–water partition coefficient (Wildman–Crippen LogP) is 3.24. The molecule has 2 amide bonds. The maximum atomic E-state index is 12.4. The number of rotatable bonds is 4. The Morgan fingerprint density at radius 2 is 2.22 bits per heavy atom. The molecule has 1 aromatic carbocycles. The number of amides is 2. The molecule has 142 valence electrons. The quantitative estimate of drug-likeness (QED) is 0.737. The first-order valence-corrected chi connectivity index (χ1v) is 9.42. The van der Waals surface area contributed by atoms with E-state index in [1.165, 1.54) is 0 Å². The second-order valence-electron chi connectivity index (χ2n) is 7.22. The van der Waals surface area contributed by atoms with Crippen LogP contribution < -0.4 is 10.6 Å². The molecule has 1 atom stereocenters. The number of hydrogen-bond donors (Lipinski definition) is 2. The smallest absolute Gasteiger partial charge is 0.319 e. The summed E-state index contributed by atoms with van der Waals surface area (Å²) in [6, 6.07) is 5.31. The van der Waals surface area contributed by atoms with Crippen LogP contribution in [0.15, 0.2) is 22.6 Å². The highest BCUT2D eigenvalue weighted by atomic mass is 16.3. The molecule has 3 heterocycles. The van der Waals surface area contributed by atoms with Crippen molar-refractivity contribution < 1.29 is 9.21 Å². The van der Waals surface area contributed by atoms with E-state index in [1.807, 2.05) is 25.1 Å². The number of carbonyl (C=O) groups is 1. The first kappa shape index (κ1) is 17.5. The summed E-state index contributed by atoms with van der Waals surface area (Å²) in [5, 5.41) is 14.5. The highest BCUT2D eigenvalue weighted by Gasteiger charge is 2.25. The number of oxazole rings is 1. The third-order valence-electron chi connectivity index (χ3n) is 4.82. The third-order valence-corrected chi connectivity index (χ3v) is 4.82. The van der Waals surface area contributed by atoms with Crippen molar-refractivity contribution in [3.63, 3.8) is 0 Å². The molecule has 1 unspecified atom stereocenters. The zero-order valence-electron chi connectivity index (χ0n) is 15.8. The fourth-order valence-electron chi connectivity index (χ4n) is 3.45. The lowest BCUT2D eigenvalue weighted by atomic mass is 10.1. The van der Waals surface area contributed by atoms with Crippen molar-refractivity contribution in [3.8, 4) is 0 Å². The van der Waals surface area contributed by atoms with E-state index in [0.29, 0.717) is 24.0 Å². The van der Waals surface area contributed by atoms with E-state index in [2.05, 4.69) is 44.2 Å². The Hall–Kier alpha value is -2.90. The minimum atomic E-state index is -0.221. The molecule has 2 aromatic heterocycles. The summed E-state index contributed by atoms with van der Waals surface area (Å²) >= 11 is 0. The number of aryl methyl sites for hydroxylation is 2. The fourth-order valence-corrected chi connectivity index (χ4v) is 3.45. The predicted molar refractivity (Wildman–Crippen MR) is 102 cm³/mol. The Bertz CT molecular complexity index is 974. The lowest BCUT2D eigenvalue weighted by molar-refractivity contribution is 0.244. The number of fused-ring (bicyclic) bond motifs is 2. The molecule has 27 heavy (non-hydrogen) atoms. The fraction of sp³-hybridized carbons (Fsp3) is 0.474. The second kappa shape index (κ2) is 7.02. The van der Waals surface area contributed by atoms with E-state index in [1.54, 1.807) is 0 Å². The highest BCUT2D eigenvalue weighted by molar-refractivity contribution is 5.91. The average molecular weight is 368 g/mol. The summed E-state index contributed by atoms with van der Waals surface area (Å²) in [4.78, 5) is 16.8. The van der Waals surface area contributed by atoms with Crippen LogP contribution in [0.2, 0.25) is 0 Å². The molecule has 0 spiro atoms. The largest absolute Gasteiger partial charge is 0.441 e. The minimum Gasteiger partial charge on any atom is -0.441 e. The Balaban J connectivity index is 1.41. The highest BCUT2D eigenvalue weighted by Crippen LogP contribution is 2.22. The number of benzene rings is 1. The van der Waals surface area contributed by atoms with Gasteiger partial charge in [0.25, 0.3) is 0 Å². The van der Waals surface area contributed by atoms with Gasteiger partial charge in [-0.15, -0.1) is 10.2 Å². The Kier molecular flexibility index (Phi) is 4.55. The number of hydrogen-bond acceptors (Lipinski definition) is 5. The van der Waals surface area contributed by atoms with E-state index < -0.39 is 0 Å². The monoisotopic (exact) mass is 368 g/mol. The molecule has 0 fully saturated rings. The molecule has 2 N–H and O–H groups in total. The van der Waals surface area contributed by atoms with Crippen molar-refractivity contribution in [2.24, 2.45) is 0 Å². The van der Waals surface area contributed by atoms with Crippen molar-refractivity contribution in [1.29, 1.82) is 0 Å². The van der Waals surface area contributed by atoms with E-state index in [0.717, 1.165) is 42.0 Å². The zero-order valence-corrected chi connectivity index (χ0v) is 15.8. The lowest BCUT2D eigenvalue weighted by Gasteiger charge is -2.26. The Labute approximate surface area is 157 Å². The van der Waals surface area contributed by atoms with Crippen LogP contribution in [-0.2, 0) is 19.4 Å². The maximum Gasteiger partial charge on any atom is 0.319 e. The van der Waals surface area contributed by atoms with Crippen LogP contribution >= 0.6 is 0 Å². The van der Waals surface area contributed by atoms with Gasteiger partial charge in [-0.3, -0.25) is 0 Å². The summed E-state index contributed by atoms with van der Waals surface area (Å²) in [5.41, 5.74) is 2.17. The SMILES string of the molecule is CCc1nc2cc(NC(=O)NC3CCc4nnc(C(C)C)n4C3)ccc2o1. The zero-order chi connectivity index (χ0) is 19.0. The summed E-state index contributed by atoms with van der Waals surface area (Å²) in [7, 11) is 0. The van der Waals surface area contributed by atoms with Crippen LogP contribution in [0, 0.1) is 0 Å². The molecule has 8 heteroatoms. The normalized spacial score (nSPS) is 16.5. The van der Waals surface area contributed by atoms with Gasteiger partial charge in [-0.25, -0.2) is 9.78 Å². The van der Waals surface area contributed by atoms with Crippen LogP contribution in [0.4, 0.5) is 10.5 Å². The first-order valence-electron chi connectivity index (χ1n) is 9.42. The van der Waals surface area contributed by atoms with Gasteiger partial charge in [0.1, 0.15) is 17.2 Å². The van der Waals surface area contributed by atoms with Crippen molar-refractivity contribution >= 4 is 22.8 Å². The second-order valence-corrected chi connectivity index (χ2v) is 7.22. The summed E-state index contributed by atoms with van der Waals surface area (Å²) in [5.74, 6) is 2.97. The molecule has 0 saturated carbocycles. The van der Waals surface area contributed by atoms with E-state index in [4.69, 9.17) is 4.42 Å². The van der Waals surface area contributed by atoms with E-state index in [-0.39, 0.29) is 12.1 Å². The minimum absolute atomic E-state index is 0.0495. The topological polar surface area (TPSA) is 97.9 Å². The van der Waals surface area contributed by atoms with Crippen LogP contribution in [0.25, 0.3) is 11.1 Å². The number of nitrogens with zero attached hydrogens (tertiary/aromatic N) is 4. The summed E-state index contributed by atoms with van der Waals surface area (Å²) < 4.78 is 7.73. The lowest BCUT2D eigenvalue weighted by Crippen LogP contribution is -2.43. The van der Waals surface area contributed by atoms with Crippen LogP contribution in [0.5, 0.6) is 0 Å². The molecule has 1 aliphatic heterocycles. The molecular weight excluding hydrogens is 344 g/mol. The van der Waals surface area contributed by atoms with Crippen molar-refractivity contribution in [1.82, 2.24) is 25.1 Å². The first-order chi connectivity index (χ1) is 13.0. The molecule has 3 aromatic rings. The standard InChI is InChI=1S/C19H24N6O2/c1-4-17-22-14-9-12(5-7-15(14)27-17)20-19(26)21-13-6-8-16-23-24-18(11(2)3)25(16)10-13/h5,7,9,11,13H,4,6,8,10H2,1-3H3,(H2,20,21,26). The van der Waals surface area contributed by atoms with Gasteiger partial charge in [0.05, 0.1) is 0 Å². The van der Waals surface area contributed by atoms with Gasteiger partial charge in [0, 0.05) is 37.0 Å². The van der Waals surface area contributed by atoms with Crippen molar-refractivity contribution in [3.05, 3.63) is 35.7 Å². The molecule has 8 nitrogen and oxygen atoms in total. The Morgan fingerprint density at radius 3 is 3.00 bits per heavy atom. The van der Waals surface area contributed by atoms with E-state index in [9.17, 15) is 4.79 Å². The average Bonchev–Trinajstić information content (AvgIpc) is 3.24. The van der Waals surface area contributed by atoms with Gasteiger partial charge >= 0.3 is 6.03 Å². The molecule has 0 bridgehead atoms. The van der Waals surface area contributed by atoms with Gasteiger partial charge in [-0.05, 0) is 24.6 Å². The maximum absolute atomic E-state index is 12.4. The molecular formula is C19H24N6O2.